The van der Waals surface area contributed by atoms with Crippen LogP contribution in [0.4, 0.5) is 14.5 Å². The van der Waals surface area contributed by atoms with Crippen molar-refractivity contribution in [3.63, 3.8) is 0 Å². The standard InChI is InChI=1S/C19H14ClF2NO3S/c20-14-5-8-16(9-6-14)27(25,26)23(12-13-3-1-2-4-19(13)24)18-11-15(21)7-10-17(18)22/h1-11,24H,12H2. The van der Waals surface area contributed by atoms with Crippen LogP contribution in [0.25, 0.3) is 0 Å². The molecule has 0 radical (unpaired) electrons. The second-order valence-corrected chi connectivity index (χ2v) is 7.99. The lowest BCUT2D eigenvalue weighted by Gasteiger charge is -2.25. The molecule has 0 aromatic heterocycles. The number of nitrogens with zero attached hydrogens (tertiary/aromatic N) is 1. The molecule has 0 saturated carbocycles. The number of hydrogen-bond donors (Lipinski definition) is 1. The van der Waals surface area contributed by atoms with E-state index in [4.69, 9.17) is 11.6 Å². The third-order valence-corrected chi connectivity index (χ3v) is 5.91. The number of anilines is 1. The van der Waals surface area contributed by atoms with Gasteiger partial charge in [0.05, 0.1) is 17.1 Å². The van der Waals surface area contributed by atoms with Gasteiger partial charge in [-0.1, -0.05) is 29.8 Å². The van der Waals surface area contributed by atoms with Gasteiger partial charge in [0, 0.05) is 16.7 Å². The van der Waals surface area contributed by atoms with Crippen molar-refractivity contribution in [3.8, 4) is 5.75 Å². The van der Waals surface area contributed by atoms with E-state index in [9.17, 15) is 22.3 Å². The van der Waals surface area contributed by atoms with Gasteiger partial charge in [0.2, 0.25) is 0 Å². The molecule has 3 rings (SSSR count). The Hall–Kier alpha value is -2.64. The van der Waals surface area contributed by atoms with Gasteiger partial charge in [0.1, 0.15) is 17.4 Å². The second-order valence-electron chi connectivity index (χ2n) is 5.69. The van der Waals surface area contributed by atoms with E-state index in [0.717, 1.165) is 18.2 Å². The van der Waals surface area contributed by atoms with Gasteiger partial charge in [-0.3, -0.25) is 4.31 Å². The number of aromatic hydroxyl groups is 1. The molecule has 0 saturated heterocycles. The lowest BCUT2D eigenvalue weighted by molar-refractivity contribution is 0.468. The summed E-state index contributed by atoms with van der Waals surface area (Å²) in [5, 5.41) is 10.3. The van der Waals surface area contributed by atoms with Crippen molar-refractivity contribution < 1.29 is 22.3 Å². The predicted molar refractivity (Wildman–Crippen MR) is 99.3 cm³/mol. The van der Waals surface area contributed by atoms with Crippen LogP contribution in [0, 0.1) is 11.6 Å². The molecule has 140 valence electrons. The van der Waals surface area contributed by atoms with Crippen molar-refractivity contribution in [2.75, 3.05) is 4.31 Å². The SMILES string of the molecule is O=S(=O)(c1ccc(Cl)cc1)N(Cc1ccccc1O)c1cc(F)ccc1F. The number of phenols is 1. The minimum absolute atomic E-state index is 0.147. The molecule has 27 heavy (non-hydrogen) atoms. The minimum atomic E-state index is -4.27. The van der Waals surface area contributed by atoms with Crippen molar-refractivity contribution in [2.45, 2.75) is 11.4 Å². The molecular weight excluding hydrogens is 396 g/mol. The fourth-order valence-electron chi connectivity index (χ4n) is 2.51. The molecule has 0 fully saturated rings. The van der Waals surface area contributed by atoms with Crippen molar-refractivity contribution >= 4 is 27.3 Å². The van der Waals surface area contributed by atoms with E-state index in [1.165, 1.54) is 36.4 Å². The van der Waals surface area contributed by atoms with Gasteiger partial charge in [-0.05, 0) is 42.5 Å². The maximum atomic E-state index is 14.4. The monoisotopic (exact) mass is 409 g/mol. The number of sulfonamides is 1. The molecule has 0 unspecified atom stereocenters. The van der Waals surface area contributed by atoms with E-state index in [2.05, 4.69) is 0 Å². The van der Waals surface area contributed by atoms with Crippen molar-refractivity contribution in [2.24, 2.45) is 0 Å². The molecule has 0 heterocycles. The van der Waals surface area contributed by atoms with Gasteiger partial charge in [-0.2, -0.15) is 0 Å². The lowest BCUT2D eigenvalue weighted by atomic mass is 10.2. The Balaban J connectivity index is 2.16. The van der Waals surface area contributed by atoms with Crippen molar-refractivity contribution in [3.05, 3.63) is 89.0 Å². The summed E-state index contributed by atoms with van der Waals surface area (Å²) in [5.41, 5.74) is -0.230. The van der Waals surface area contributed by atoms with E-state index in [1.54, 1.807) is 12.1 Å². The van der Waals surface area contributed by atoms with Gasteiger partial charge < -0.3 is 5.11 Å². The first kappa shape index (κ1) is 19.1. The smallest absolute Gasteiger partial charge is 0.264 e. The molecule has 0 atom stereocenters. The summed E-state index contributed by atoms with van der Waals surface area (Å²) in [6, 6.07) is 13.9. The number of rotatable bonds is 5. The molecule has 0 bridgehead atoms. The summed E-state index contributed by atoms with van der Waals surface area (Å²) < 4.78 is 55.1. The first-order valence-electron chi connectivity index (χ1n) is 7.79. The zero-order valence-corrected chi connectivity index (χ0v) is 15.4. The van der Waals surface area contributed by atoms with E-state index in [-0.39, 0.29) is 16.2 Å². The van der Waals surface area contributed by atoms with Crippen molar-refractivity contribution in [1.29, 1.82) is 0 Å². The first-order chi connectivity index (χ1) is 12.8. The Morgan fingerprint density at radius 3 is 2.30 bits per heavy atom. The van der Waals surface area contributed by atoms with Crippen LogP contribution in [0.3, 0.4) is 0 Å². The maximum Gasteiger partial charge on any atom is 0.264 e. The Morgan fingerprint density at radius 1 is 0.963 bits per heavy atom. The topological polar surface area (TPSA) is 57.6 Å². The zero-order chi connectivity index (χ0) is 19.6. The number of phenolic OH excluding ortho intramolecular Hbond substituents is 1. The Kier molecular flexibility index (Phi) is 5.34. The van der Waals surface area contributed by atoms with Gasteiger partial charge in [0.15, 0.2) is 0 Å². The number of halogens is 3. The molecule has 3 aromatic rings. The highest BCUT2D eigenvalue weighted by atomic mass is 35.5. The van der Waals surface area contributed by atoms with Crippen LogP contribution in [0.15, 0.2) is 71.6 Å². The number of benzene rings is 3. The molecule has 0 spiro atoms. The minimum Gasteiger partial charge on any atom is -0.508 e. The third kappa shape index (κ3) is 4.04. The molecular formula is C19H14ClF2NO3S. The number of para-hydroxylation sites is 1. The maximum absolute atomic E-state index is 14.4. The van der Waals surface area contributed by atoms with Gasteiger partial charge in [0.25, 0.3) is 10.0 Å². The molecule has 0 aliphatic rings. The summed E-state index contributed by atoms with van der Waals surface area (Å²) in [6.45, 7) is -0.391. The summed E-state index contributed by atoms with van der Waals surface area (Å²) in [6.07, 6.45) is 0. The van der Waals surface area contributed by atoms with Crippen LogP contribution < -0.4 is 4.31 Å². The van der Waals surface area contributed by atoms with E-state index in [0.29, 0.717) is 9.33 Å². The fraction of sp³-hybridized carbons (Fsp3) is 0.0526. The van der Waals surface area contributed by atoms with E-state index < -0.39 is 33.9 Å². The fourth-order valence-corrected chi connectivity index (χ4v) is 4.08. The molecule has 1 N–H and O–H groups in total. The van der Waals surface area contributed by atoms with Crippen molar-refractivity contribution in [1.82, 2.24) is 0 Å². The summed E-state index contributed by atoms with van der Waals surface area (Å²) in [4.78, 5) is -0.147. The van der Waals surface area contributed by atoms with Crippen LogP contribution in [-0.2, 0) is 16.6 Å². The highest BCUT2D eigenvalue weighted by Gasteiger charge is 2.28. The van der Waals surface area contributed by atoms with E-state index in [1.807, 2.05) is 0 Å². The number of hydrogen-bond acceptors (Lipinski definition) is 3. The molecule has 8 heteroatoms. The highest BCUT2D eigenvalue weighted by molar-refractivity contribution is 7.92. The van der Waals surface area contributed by atoms with Crippen LogP contribution in [0.1, 0.15) is 5.56 Å². The normalized spacial score (nSPS) is 11.4. The third-order valence-electron chi connectivity index (χ3n) is 3.88. The lowest BCUT2D eigenvalue weighted by Crippen LogP contribution is -2.31. The van der Waals surface area contributed by atoms with E-state index >= 15 is 0 Å². The van der Waals surface area contributed by atoms with Gasteiger partial charge in [-0.25, -0.2) is 17.2 Å². The predicted octanol–water partition coefficient (Wildman–Crippen LogP) is 4.72. The average molecular weight is 410 g/mol. The Bertz CT molecular complexity index is 1070. The van der Waals surface area contributed by atoms with Crippen LogP contribution in [0.5, 0.6) is 5.75 Å². The Morgan fingerprint density at radius 2 is 1.63 bits per heavy atom. The summed E-state index contributed by atoms with van der Waals surface area (Å²) in [7, 11) is -4.27. The molecule has 0 aliphatic carbocycles. The molecule has 0 aliphatic heterocycles. The highest BCUT2D eigenvalue weighted by Crippen LogP contribution is 2.31. The van der Waals surface area contributed by atoms with Crippen LogP contribution in [0.2, 0.25) is 5.02 Å². The van der Waals surface area contributed by atoms with Crippen LogP contribution in [-0.4, -0.2) is 13.5 Å². The average Bonchev–Trinajstić information content (AvgIpc) is 2.63. The first-order valence-corrected chi connectivity index (χ1v) is 9.61. The molecule has 4 nitrogen and oxygen atoms in total. The largest absolute Gasteiger partial charge is 0.508 e. The van der Waals surface area contributed by atoms with Gasteiger partial charge >= 0.3 is 0 Å². The zero-order valence-electron chi connectivity index (χ0n) is 13.8. The van der Waals surface area contributed by atoms with Gasteiger partial charge in [-0.15, -0.1) is 0 Å². The summed E-state index contributed by atoms with van der Waals surface area (Å²) >= 11 is 5.80. The summed E-state index contributed by atoms with van der Waals surface area (Å²) in [5.74, 6) is -1.87. The molecule has 3 aromatic carbocycles. The second kappa shape index (κ2) is 7.54. The molecule has 0 amide bonds. The Labute approximate surface area is 160 Å². The quantitative estimate of drug-likeness (QED) is 0.663. The van der Waals surface area contributed by atoms with Crippen LogP contribution >= 0.6 is 11.6 Å².